The van der Waals surface area contributed by atoms with E-state index in [9.17, 15) is 4.79 Å². The number of nitrogens with one attached hydrogen (secondary N) is 1. The van der Waals surface area contributed by atoms with E-state index in [1.165, 1.54) is 0 Å². The summed E-state index contributed by atoms with van der Waals surface area (Å²) in [5.41, 5.74) is 0.981. The fourth-order valence-electron chi connectivity index (χ4n) is 3.15. The first-order valence-corrected chi connectivity index (χ1v) is 8.99. The number of likely N-dealkylation sites (tertiary alicyclic amines) is 1. The van der Waals surface area contributed by atoms with Crippen LogP contribution < -0.4 is 0 Å². The molecule has 6 heteroatoms. The lowest BCUT2D eigenvalue weighted by Crippen LogP contribution is -2.32. The van der Waals surface area contributed by atoms with Crippen molar-refractivity contribution in [2.24, 2.45) is 0 Å². The molecule has 1 aliphatic rings. The van der Waals surface area contributed by atoms with Gasteiger partial charge < -0.3 is 4.90 Å². The number of carbonyl (C=O) groups is 1. The molecule has 2 aromatic heterocycles. The van der Waals surface area contributed by atoms with Crippen LogP contribution in [0.3, 0.4) is 0 Å². The second-order valence-corrected chi connectivity index (χ2v) is 6.94. The molecule has 0 unspecified atom stereocenters. The molecular formula is C18H18N4OS. The molecule has 1 aliphatic heterocycles. The van der Waals surface area contributed by atoms with E-state index < -0.39 is 0 Å². The molecule has 0 spiro atoms. The van der Waals surface area contributed by atoms with E-state index in [1.807, 2.05) is 52.7 Å². The van der Waals surface area contributed by atoms with Gasteiger partial charge in [-0.25, -0.2) is 4.98 Å². The summed E-state index contributed by atoms with van der Waals surface area (Å²) in [5, 5.41) is 9.37. The van der Waals surface area contributed by atoms with Gasteiger partial charge in [-0.15, -0.1) is 11.3 Å². The van der Waals surface area contributed by atoms with Gasteiger partial charge in [0.15, 0.2) is 5.82 Å². The average molecular weight is 338 g/mol. The number of thiophene rings is 1. The van der Waals surface area contributed by atoms with Crippen LogP contribution in [0.25, 0.3) is 11.4 Å². The molecule has 3 aromatic rings. The third-order valence-electron chi connectivity index (χ3n) is 4.33. The molecule has 1 saturated heterocycles. The van der Waals surface area contributed by atoms with Gasteiger partial charge in [-0.05, 0) is 24.3 Å². The molecular weight excluding hydrogens is 320 g/mol. The Bertz CT molecular complexity index is 813. The molecule has 0 radical (unpaired) electrons. The molecule has 122 valence electrons. The van der Waals surface area contributed by atoms with Crippen LogP contribution in [0.4, 0.5) is 0 Å². The van der Waals surface area contributed by atoms with Gasteiger partial charge in [-0.2, -0.15) is 5.10 Å². The van der Waals surface area contributed by atoms with Crippen LogP contribution in [0.2, 0.25) is 0 Å². The molecule has 0 saturated carbocycles. The molecule has 24 heavy (non-hydrogen) atoms. The lowest BCUT2D eigenvalue weighted by Gasteiger charge is -2.22. The largest absolute Gasteiger partial charge is 0.332 e. The highest BCUT2D eigenvalue weighted by Gasteiger charge is 2.32. The Labute approximate surface area is 144 Å². The highest BCUT2D eigenvalue weighted by molar-refractivity contribution is 7.10. The molecule has 3 heterocycles. The van der Waals surface area contributed by atoms with E-state index in [0.717, 1.165) is 35.7 Å². The highest BCUT2D eigenvalue weighted by Crippen LogP contribution is 2.31. The van der Waals surface area contributed by atoms with E-state index in [0.29, 0.717) is 12.2 Å². The van der Waals surface area contributed by atoms with Gasteiger partial charge in [-0.3, -0.25) is 9.89 Å². The summed E-state index contributed by atoms with van der Waals surface area (Å²) in [6, 6.07) is 13.9. The van der Waals surface area contributed by atoms with Crippen molar-refractivity contribution in [2.45, 2.75) is 25.3 Å². The van der Waals surface area contributed by atoms with Crippen LogP contribution in [0, 0.1) is 0 Å². The maximum absolute atomic E-state index is 12.6. The summed E-state index contributed by atoms with van der Waals surface area (Å²) in [7, 11) is 0. The fourth-order valence-corrected chi connectivity index (χ4v) is 3.85. The van der Waals surface area contributed by atoms with E-state index in [-0.39, 0.29) is 11.9 Å². The van der Waals surface area contributed by atoms with Gasteiger partial charge in [0, 0.05) is 17.0 Å². The first kappa shape index (κ1) is 15.1. The first-order valence-electron chi connectivity index (χ1n) is 8.11. The second-order valence-electron chi connectivity index (χ2n) is 5.91. The van der Waals surface area contributed by atoms with Crippen molar-refractivity contribution in [3.8, 4) is 11.4 Å². The van der Waals surface area contributed by atoms with E-state index in [1.54, 1.807) is 11.3 Å². The van der Waals surface area contributed by atoms with Crippen molar-refractivity contribution in [3.05, 3.63) is 58.5 Å². The number of benzene rings is 1. The molecule has 0 bridgehead atoms. The van der Waals surface area contributed by atoms with Crippen LogP contribution in [0.15, 0.2) is 47.8 Å². The maximum Gasteiger partial charge on any atom is 0.228 e. The first-order chi connectivity index (χ1) is 11.8. The lowest BCUT2D eigenvalue weighted by atomic mass is 10.2. The van der Waals surface area contributed by atoms with Gasteiger partial charge in [0.05, 0.1) is 12.5 Å². The van der Waals surface area contributed by atoms with E-state index in [2.05, 4.69) is 15.2 Å². The number of hydrogen-bond donors (Lipinski definition) is 1. The zero-order valence-electron chi connectivity index (χ0n) is 13.2. The second kappa shape index (κ2) is 6.57. The van der Waals surface area contributed by atoms with Crippen molar-refractivity contribution in [3.63, 3.8) is 0 Å². The predicted octanol–water partition coefficient (Wildman–Crippen LogP) is 3.44. The molecule has 1 fully saturated rings. The van der Waals surface area contributed by atoms with Crippen molar-refractivity contribution in [2.75, 3.05) is 6.54 Å². The van der Waals surface area contributed by atoms with Gasteiger partial charge >= 0.3 is 0 Å². The van der Waals surface area contributed by atoms with Crippen LogP contribution in [-0.2, 0) is 11.2 Å². The molecule has 1 N–H and O–H groups in total. The zero-order chi connectivity index (χ0) is 16.4. The summed E-state index contributed by atoms with van der Waals surface area (Å²) in [6.45, 7) is 0.788. The number of carbonyl (C=O) groups excluding carboxylic acids is 1. The van der Waals surface area contributed by atoms with Gasteiger partial charge in [0.2, 0.25) is 5.91 Å². The normalized spacial score (nSPS) is 17.3. The minimum absolute atomic E-state index is 0.00224. The number of aromatic amines is 1. The summed E-state index contributed by atoms with van der Waals surface area (Å²) in [6.07, 6.45) is 2.40. The van der Waals surface area contributed by atoms with Crippen molar-refractivity contribution < 1.29 is 4.79 Å². The maximum atomic E-state index is 12.6. The van der Waals surface area contributed by atoms with E-state index >= 15 is 0 Å². The number of H-pyrrole nitrogens is 1. The lowest BCUT2D eigenvalue weighted by molar-refractivity contribution is -0.131. The topological polar surface area (TPSA) is 61.9 Å². The highest BCUT2D eigenvalue weighted by atomic mass is 32.1. The Morgan fingerprint density at radius 1 is 1.25 bits per heavy atom. The van der Waals surface area contributed by atoms with E-state index in [4.69, 9.17) is 0 Å². The summed E-state index contributed by atoms with van der Waals surface area (Å²) >= 11 is 1.63. The zero-order valence-corrected chi connectivity index (χ0v) is 14.0. The Morgan fingerprint density at radius 2 is 2.12 bits per heavy atom. The third kappa shape index (κ3) is 2.97. The van der Waals surface area contributed by atoms with Gasteiger partial charge in [0.1, 0.15) is 5.82 Å². The van der Waals surface area contributed by atoms with Crippen LogP contribution in [0.1, 0.15) is 29.6 Å². The summed E-state index contributed by atoms with van der Waals surface area (Å²) in [4.78, 5) is 20.3. The Balaban J connectivity index is 1.53. The minimum atomic E-state index is 0.00224. The van der Waals surface area contributed by atoms with Crippen molar-refractivity contribution >= 4 is 17.2 Å². The Hall–Kier alpha value is -2.47. The van der Waals surface area contributed by atoms with Gasteiger partial charge in [0.25, 0.3) is 0 Å². The number of nitrogens with zero attached hydrogens (tertiary/aromatic N) is 3. The standard InChI is InChI=1S/C18H18N4OS/c23-16(12-14-8-5-11-24-14)22-10-4-9-15(22)18-19-17(20-21-18)13-6-2-1-3-7-13/h1-3,5-8,11,15H,4,9-10,12H2,(H,19,20,21)/t15-/m0/s1. The quantitative estimate of drug-likeness (QED) is 0.793. The van der Waals surface area contributed by atoms with Crippen molar-refractivity contribution in [1.82, 2.24) is 20.1 Å². The van der Waals surface area contributed by atoms with Crippen LogP contribution in [0.5, 0.6) is 0 Å². The SMILES string of the molecule is O=C(Cc1cccs1)N1CCC[C@H]1c1nc(-c2ccccc2)n[nH]1. The number of amides is 1. The molecule has 0 aliphatic carbocycles. The van der Waals surface area contributed by atoms with Gasteiger partial charge in [-0.1, -0.05) is 36.4 Å². The van der Waals surface area contributed by atoms with Crippen molar-refractivity contribution in [1.29, 1.82) is 0 Å². The molecule has 1 atom stereocenters. The number of rotatable bonds is 4. The monoisotopic (exact) mass is 338 g/mol. The minimum Gasteiger partial charge on any atom is -0.332 e. The molecule has 5 nitrogen and oxygen atoms in total. The third-order valence-corrected chi connectivity index (χ3v) is 5.21. The Morgan fingerprint density at radius 3 is 2.92 bits per heavy atom. The van der Waals surface area contributed by atoms with Crippen LogP contribution >= 0.6 is 11.3 Å². The summed E-state index contributed by atoms with van der Waals surface area (Å²) < 4.78 is 0. The molecule has 4 rings (SSSR count). The smallest absolute Gasteiger partial charge is 0.228 e. The number of aromatic nitrogens is 3. The number of hydrogen-bond acceptors (Lipinski definition) is 4. The Kier molecular flexibility index (Phi) is 4.13. The fraction of sp³-hybridized carbons (Fsp3) is 0.278. The molecule has 1 amide bonds. The summed E-state index contributed by atoms with van der Waals surface area (Å²) in [5.74, 6) is 1.63. The average Bonchev–Trinajstić information content (AvgIpc) is 3.36. The predicted molar refractivity (Wildman–Crippen MR) is 93.5 cm³/mol. The van der Waals surface area contributed by atoms with Crippen LogP contribution in [-0.4, -0.2) is 32.5 Å². The molecule has 1 aromatic carbocycles.